The number of ether oxygens (including phenoxy) is 2. The predicted molar refractivity (Wildman–Crippen MR) is 107 cm³/mol. The van der Waals surface area contributed by atoms with Crippen LogP contribution in [0, 0.1) is 6.92 Å². The number of nitrogens with zero attached hydrogens (tertiary/aromatic N) is 2. The average Bonchev–Trinajstić information content (AvgIpc) is 2.70. The highest BCUT2D eigenvalue weighted by molar-refractivity contribution is 5.89. The molecule has 3 rings (SSSR count). The van der Waals surface area contributed by atoms with Gasteiger partial charge < -0.3 is 19.7 Å². The molecule has 1 saturated heterocycles. The largest absolute Gasteiger partial charge is 0.493 e. The molecule has 0 unspecified atom stereocenters. The summed E-state index contributed by atoms with van der Waals surface area (Å²) in [5, 5.41) is 2.95. The molecule has 1 N–H and O–H groups in total. The van der Waals surface area contributed by atoms with Gasteiger partial charge in [-0.3, -0.25) is 4.90 Å². The molecule has 1 fully saturated rings. The maximum Gasteiger partial charge on any atom is 0.321 e. The number of hydrogen-bond donors (Lipinski definition) is 1. The lowest BCUT2D eigenvalue weighted by Crippen LogP contribution is -2.49. The molecule has 0 atom stereocenters. The molecule has 1 aliphatic rings. The van der Waals surface area contributed by atoms with Crippen LogP contribution in [0.4, 0.5) is 10.5 Å². The zero-order chi connectivity index (χ0) is 19.2. The summed E-state index contributed by atoms with van der Waals surface area (Å²) in [6.07, 6.45) is 0. The number of carbonyl (C=O) groups excluding carboxylic acids is 1. The molecule has 0 aromatic heterocycles. The van der Waals surface area contributed by atoms with Gasteiger partial charge in [-0.1, -0.05) is 18.2 Å². The van der Waals surface area contributed by atoms with Crippen LogP contribution in [0.1, 0.15) is 11.1 Å². The van der Waals surface area contributed by atoms with Crippen LogP contribution in [0.5, 0.6) is 11.5 Å². The fourth-order valence-electron chi connectivity index (χ4n) is 3.27. The molecule has 2 aromatic carbocycles. The fourth-order valence-corrected chi connectivity index (χ4v) is 3.27. The number of anilines is 1. The zero-order valence-electron chi connectivity index (χ0n) is 16.2. The molecule has 0 aliphatic carbocycles. The Morgan fingerprint density at radius 2 is 1.63 bits per heavy atom. The van der Waals surface area contributed by atoms with Gasteiger partial charge in [-0.15, -0.1) is 0 Å². The number of aryl methyl sites for hydroxylation is 1. The molecule has 0 spiro atoms. The maximum atomic E-state index is 12.4. The Balaban J connectivity index is 1.56. The maximum absolute atomic E-state index is 12.4. The number of benzene rings is 2. The summed E-state index contributed by atoms with van der Waals surface area (Å²) in [4.78, 5) is 16.6. The zero-order valence-corrected chi connectivity index (χ0v) is 16.2. The van der Waals surface area contributed by atoms with Gasteiger partial charge in [0.25, 0.3) is 0 Å². The van der Waals surface area contributed by atoms with Crippen LogP contribution in [-0.4, -0.2) is 56.2 Å². The highest BCUT2D eigenvalue weighted by Crippen LogP contribution is 2.31. The summed E-state index contributed by atoms with van der Waals surface area (Å²) >= 11 is 0. The molecule has 1 aliphatic heterocycles. The Morgan fingerprint density at radius 3 is 2.26 bits per heavy atom. The number of carbonyl (C=O) groups is 1. The standard InChI is InChI=1S/C21H27N3O3/c1-16-13-19(26-2)20(27-3)14-17(16)15-23-9-11-24(12-10-23)21(25)22-18-7-5-4-6-8-18/h4-8,13-14H,9-12,15H2,1-3H3,(H,22,25). The summed E-state index contributed by atoms with van der Waals surface area (Å²) in [5.41, 5.74) is 3.22. The van der Waals surface area contributed by atoms with Crippen LogP contribution in [0.3, 0.4) is 0 Å². The normalized spacial score (nSPS) is 14.7. The number of hydrogen-bond acceptors (Lipinski definition) is 4. The van der Waals surface area contributed by atoms with E-state index in [1.54, 1.807) is 14.2 Å². The molecule has 2 amide bonds. The molecule has 1 heterocycles. The van der Waals surface area contributed by atoms with Crippen LogP contribution in [0.2, 0.25) is 0 Å². The van der Waals surface area contributed by atoms with Gasteiger partial charge in [0.15, 0.2) is 11.5 Å². The number of rotatable bonds is 5. The average molecular weight is 369 g/mol. The molecular weight excluding hydrogens is 342 g/mol. The molecular formula is C21H27N3O3. The van der Waals surface area contributed by atoms with E-state index >= 15 is 0 Å². The molecule has 144 valence electrons. The molecule has 2 aromatic rings. The molecule has 0 radical (unpaired) electrons. The van der Waals surface area contributed by atoms with E-state index in [1.807, 2.05) is 47.4 Å². The van der Waals surface area contributed by atoms with E-state index in [0.717, 1.165) is 36.8 Å². The van der Waals surface area contributed by atoms with Gasteiger partial charge in [0.05, 0.1) is 14.2 Å². The van der Waals surface area contributed by atoms with Gasteiger partial charge in [-0.2, -0.15) is 0 Å². The third-order valence-corrected chi connectivity index (χ3v) is 4.92. The molecule has 0 saturated carbocycles. The van der Waals surface area contributed by atoms with Crippen LogP contribution >= 0.6 is 0 Å². The van der Waals surface area contributed by atoms with E-state index in [0.29, 0.717) is 13.1 Å². The monoisotopic (exact) mass is 369 g/mol. The smallest absolute Gasteiger partial charge is 0.321 e. The summed E-state index contributed by atoms with van der Waals surface area (Å²) in [7, 11) is 3.30. The quantitative estimate of drug-likeness (QED) is 0.878. The second kappa shape index (κ2) is 8.77. The third kappa shape index (κ3) is 4.71. The van der Waals surface area contributed by atoms with Crippen molar-refractivity contribution in [2.45, 2.75) is 13.5 Å². The van der Waals surface area contributed by atoms with Crippen molar-refractivity contribution < 1.29 is 14.3 Å². The van der Waals surface area contributed by atoms with Crippen molar-refractivity contribution in [1.29, 1.82) is 0 Å². The molecule has 6 heteroatoms. The predicted octanol–water partition coefficient (Wildman–Crippen LogP) is 3.36. The number of piperazine rings is 1. The van der Waals surface area contributed by atoms with E-state index in [-0.39, 0.29) is 6.03 Å². The summed E-state index contributed by atoms with van der Waals surface area (Å²) in [5.74, 6) is 1.50. The second-order valence-electron chi connectivity index (χ2n) is 6.69. The molecule has 6 nitrogen and oxygen atoms in total. The first kappa shape index (κ1) is 19.0. The van der Waals surface area contributed by atoms with Gasteiger partial charge in [-0.05, 0) is 42.3 Å². The third-order valence-electron chi connectivity index (χ3n) is 4.92. The first-order valence-electron chi connectivity index (χ1n) is 9.15. The van der Waals surface area contributed by atoms with Crippen molar-refractivity contribution in [1.82, 2.24) is 9.80 Å². The molecule has 0 bridgehead atoms. The lowest BCUT2D eigenvalue weighted by molar-refractivity contribution is 0.142. The van der Waals surface area contributed by atoms with E-state index in [1.165, 1.54) is 11.1 Å². The lowest BCUT2D eigenvalue weighted by Gasteiger charge is -2.35. The first-order valence-corrected chi connectivity index (χ1v) is 9.15. The van der Waals surface area contributed by atoms with Crippen molar-refractivity contribution in [3.63, 3.8) is 0 Å². The van der Waals surface area contributed by atoms with E-state index < -0.39 is 0 Å². The Hall–Kier alpha value is -2.73. The van der Waals surface area contributed by atoms with Gasteiger partial charge in [-0.25, -0.2) is 4.79 Å². The van der Waals surface area contributed by atoms with Gasteiger partial charge in [0.1, 0.15) is 0 Å². The minimum absolute atomic E-state index is 0.0388. The SMILES string of the molecule is COc1cc(C)c(CN2CCN(C(=O)Nc3ccccc3)CC2)cc1OC. The number of methoxy groups -OCH3 is 2. The summed E-state index contributed by atoms with van der Waals surface area (Å²) < 4.78 is 10.8. The highest BCUT2D eigenvalue weighted by Gasteiger charge is 2.22. The van der Waals surface area contributed by atoms with Crippen molar-refractivity contribution in [2.24, 2.45) is 0 Å². The number of amides is 2. The van der Waals surface area contributed by atoms with Gasteiger partial charge >= 0.3 is 6.03 Å². The van der Waals surface area contributed by atoms with Crippen LogP contribution in [0.25, 0.3) is 0 Å². The summed E-state index contributed by atoms with van der Waals surface area (Å²) in [6, 6.07) is 13.6. The van der Waals surface area contributed by atoms with Crippen LogP contribution in [-0.2, 0) is 6.54 Å². The Bertz CT molecular complexity index is 772. The topological polar surface area (TPSA) is 54.0 Å². The number of nitrogens with one attached hydrogen (secondary N) is 1. The lowest BCUT2D eigenvalue weighted by atomic mass is 10.1. The van der Waals surface area contributed by atoms with Crippen molar-refractivity contribution in [2.75, 3.05) is 45.7 Å². The fraction of sp³-hybridized carbons (Fsp3) is 0.381. The van der Waals surface area contributed by atoms with Crippen LogP contribution < -0.4 is 14.8 Å². The second-order valence-corrected chi connectivity index (χ2v) is 6.69. The first-order chi connectivity index (χ1) is 13.1. The Morgan fingerprint density at radius 1 is 1.00 bits per heavy atom. The van der Waals surface area contributed by atoms with Crippen LogP contribution in [0.15, 0.2) is 42.5 Å². The number of urea groups is 1. The van der Waals surface area contributed by atoms with E-state index in [2.05, 4.69) is 17.1 Å². The van der Waals surface area contributed by atoms with Gasteiger partial charge in [0.2, 0.25) is 0 Å². The molecule has 27 heavy (non-hydrogen) atoms. The highest BCUT2D eigenvalue weighted by atomic mass is 16.5. The Kier molecular flexibility index (Phi) is 6.19. The van der Waals surface area contributed by atoms with Crippen molar-refractivity contribution in [3.05, 3.63) is 53.6 Å². The van der Waals surface area contributed by atoms with E-state index in [4.69, 9.17) is 9.47 Å². The Labute approximate surface area is 160 Å². The summed E-state index contributed by atoms with van der Waals surface area (Å²) in [6.45, 7) is 6.03. The minimum Gasteiger partial charge on any atom is -0.493 e. The van der Waals surface area contributed by atoms with Crippen molar-refractivity contribution >= 4 is 11.7 Å². The van der Waals surface area contributed by atoms with Crippen molar-refractivity contribution in [3.8, 4) is 11.5 Å². The van der Waals surface area contributed by atoms with E-state index in [9.17, 15) is 4.79 Å². The number of para-hydroxylation sites is 1. The van der Waals surface area contributed by atoms with Gasteiger partial charge in [0, 0.05) is 38.4 Å². The minimum atomic E-state index is -0.0388.